The molecule has 2 aromatic rings. The van der Waals surface area contributed by atoms with E-state index in [1.165, 1.54) is 12.3 Å². The molecule has 0 radical (unpaired) electrons. The van der Waals surface area contributed by atoms with E-state index in [2.05, 4.69) is 10.3 Å². The van der Waals surface area contributed by atoms with Crippen molar-refractivity contribution in [3.63, 3.8) is 0 Å². The third kappa shape index (κ3) is 4.18. The normalized spacial score (nSPS) is 11.6. The second-order valence-electron chi connectivity index (χ2n) is 4.66. The molecule has 0 saturated heterocycles. The number of hydrogen-bond donors (Lipinski definition) is 1. The van der Waals surface area contributed by atoms with Crippen molar-refractivity contribution in [3.8, 4) is 11.5 Å². The molecule has 5 nitrogen and oxygen atoms in total. The van der Waals surface area contributed by atoms with E-state index in [9.17, 15) is 9.18 Å². The quantitative estimate of drug-likeness (QED) is 0.833. The lowest BCUT2D eigenvalue weighted by Crippen LogP contribution is -2.33. The van der Waals surface area contributed by atoms with E-state index < -0.39 is 5.95 Å². The summed E-state index contributed by atoms with van der Waals surface area (Å²) in [6.45, 7) is 2.10. The highest BCUT2D eigenvalue weighted by molar-refractivity contribution is 5.94. The first-order valence-electron chi connectivity index (χ1n) is 6.79. The summed E-state index contributed by atoms with van der Waals surface area (Å²) in [6.07, 6.45) is 0.978. The van der Waals surface area contributed by atoms with Crippen LogP contribution in [0.25, 0.3) is 0 Å². The van der Waals surface area contributed by atoms with Crippen LogP contribution >= 0.6 is 0 Å². The number of halogens is 1. The van der Waals surface area contributed by atoms with Crippen molar-refractivity contribution in [2.75, 3.05) is 13.7 Å². The third-order valence-corrected chi connectivity index (χ3v) is 2.94. The van der Waals surface area contributed by atoms with Crippen molar-refractivity contribution in [3.05, 3.63) is 54.1 Å². The topological polar surface area (TPSA) is 60.5 Å². The summed E-state index contributed by atoms with van der Waals surface area (Å²) in [7, 11) is 1.56. The van der Waals surface area contributed by atoms with Crippen LogP contribution in [-0.4, -0.2) is 30.6 Å². The minimum Gasteiger partial charge on any atom is -0.493 e. The maximum atomic E-state index is 13.0. The molecule has 0 aliphatic rings. The van der Waals surface area contributed by atoms with E-state index in [0.29, 0.717) is 11.5 Å². The molecule has 1 atom stereocenters. The molecule has 116 valence electrons. The van der Waals surface area contributed by atoms with E-state index in [-0.39, 0.29) is 24.1 Å². The Morgan fingerprint density at radius 3 is 2.73 bits per heavy atom. The molecule has 1 heterocycles. The zero-order valence-corrected chi connectivity index (χ0v) is 12.4. The smallest absolute Gasteiger partial charge is 0.251 e. The zero-order chi connectivity index (χ0) is 15.9. The highest BCUT2D eigenvalue weighted by atomic mass is 19.1. The fraction of sp³-hybridized carbons (Fsp3) is 0.250. The summed E-state index contributed by atoms with van der Waals surface area (Å²) >= 11 is 0. The fourth-order valence-electron chi connectivity index (χ4n) is 1.86. The molecule has 22 heavy (non-hydrogen) atoms. The number of carbonyl (C=O) groups excluding carboxylic acids is 1. The van der Waals surface area contributed by atoms with Crippen LogP contribution in [0.1, 0.15) is 17.3 Å². The van der Waals surface area contributed by atoms with Gasteiger partial charge in [-0.05, 0) is 25.1 Å². The number of carbonyl (C=O) groups is 1. The van der Waals surface area contributed by atoms with E-state index in [4.69, 9.17) is 9.47 Å². The number of aromatic nitrogens is 1. The average Bonchev–Trinajstić information content (AvgIpc) is 2.53. The number of pyridine rings is 1. The monoisotopic (exact) mass is 304 g/mol. The molecule has 0 fully saturated rings. The van der Waals surface area contributed by atoms with Crippen LogP contribution in [0.2, 0.25) is 0 Å². The van der Waals surface area contributed by atoms with Gasteiger partial charge in [-0.15, -0.1) is 0 Å². The Balaban J connectivity index is 1.90. The van der Waals surface area contributed by atoms with Gasteiger partial charge in [0.05, 0.1) is 13.7 Å². The molecular weight excluding hydrogens is 287 g/mol. The molecule has 1 unspecified atom stereocenters. The summed E-state index contributed by atoms with van der Waals surface area (Å²) in [5.74, 6) is 0.154. The SMILES string of the molecule is COc1ccccc1OC(C)CNC(=O)c1ccnc(F)c1. The van der Waals surface area contributed by atoms with Gasteiger partial charge in [0.2, 0.25) is 5.95 Å². The van der Waals surface area contributed by atoms with Crippen molar-refractivity contribution in [2.24, 2.45) is 0 Å². The predicted octanol–water partition coefficient (Wildman–Crippen LogP) is 2.43. The molecule has 0 bridgehead atoms. The maximum Gasteiger partial charge on any atom is 0.251 e. The van der Waals surface area contributed by atoms with Gasteiger partial charge in [0, 0.05) is 17.8 Å². The van der Waals surface area contributed by atoms with Crippen LogP contribution < -0.4 is 14.8 Å². The number of ether oxygens (including phenoxy) is 2. The lowest BCUT2D eigenvalue weighted by Gasteiger charge is -2.17. The Hall–Kier alpha value is -2.63. The van der Waals surface area contributed by atoms with Crippen molar-refractivity contribution < 1.29 is 18.7 Å². The summed E-state index contributed by atoms with van der Waals surface area (Å²) in [6, 6.07) is 9.79. The number of nitrogens with one attached hydrogen (secondary N) is 1. The predicted molar refractivity (Wildman–Crippen MR) is 79.6 cm³/mol. The molecule has 1 aromatic heterocycles. The number of amides is 1. The van der Waals surface area contributed by atoms with Crippen LogP contribution in [0.5, 0.6) is 11.5 Å². The second kappa shape index (κ2) is 7.40. The summed E-state index contributed by atoms with van der Waals surface area (Å²) in [5.41, 5.74) is 0.219. The van der Waals surface area contributed by atoms with Crippen LogP contribution in [0, 0.1) is 5.95 Å². The molecule has 6 heteroatoms. The molecule has 0 aliphatic carbocycles. The number of para-hydroxylation sites is 2. The number of rotatable bonds is 6. The Morgan fingerprint density at radius 1 is 1.32 bits per heavy atom. The van der Waals surface area contributed by atoms with Crippen molar-refractivity contribution in [1.29, 1.82) is 0 Å². The molecule has 0 aliphatic heterocycles. The van der Waals surface area contributed by atoms with Gasteiger partial charge in [-0.25, -0.2) is 4.98 Å². The van der Waals surface area contributed by atoms with E-state index in [0.717, 1.165) is 6.07 Å². The van der Waals surface area contributed by atoms with E-state index in [1.807, 2.05) is 19.1 Å². The van der Waals surface area contributed by atoms with Gasteiger partial charge in [0.15, 0.2) is 11.5 Å². The number of nitrogens with zero attached hydrogens (tertiary/aromatic N) is 1. The number of hydrogen-bond acceptors (Lipinski definition) is 4. The lowest BCUT2D eigenvalue weighted by molar-refractivity contribution is 0.0931. The first-order chi connectivity index (χ1) is 10.6. The largest absolute Gasteiger partial charge is 0.493 e. The molecule has 1 N–H and O–H groups in total. The van der Waals surface area contributed by atoms with Crippen molar-refractivity contribution in [2.45, 2.75) is 13.0 Å². The van der Waals surface area contributed by atoms with Gasteiger partial charge >= 0.3 is 0 Å². The van der Waals surface area contributed by atoms with Crippen LogP contribution in [-0.2, 0) is 0 Å². The van der Waals surface area contributed by atoms with E-state index >= 15 is 0 Å². The van der Waals surface area contributed by atoms with E-state index in [1.54, 1.807) is 19.2 Å². The van der Waals surface area contributed by atoms with Crippen LogP contribution in [0.15, 0.2) is 42.6 Å². The average molecular weight is 304 g/mol. The fourth-order valence-corrected chi connectivity index (χ4v) is 1.86. The Kier molecular flexibility index (Phi) is 5.30. The van der Waals surface area contributed by atoms with Crippen molar-refractivity contribution >= 4 is 5.91 Å². The molecule has 2 rings (SSSR count). The molecule has 0 saturated carbocycles. The van der Waals surface area contributed by atoms with Crippen molar-refractivity contribution in [1.82, 2.24) is 10.3 Å². The highest BCUT2D eigenvalue weighted by Crippen LogP contribution is 2.26. The van der Waals surface area contributed by atoms with Gasteiger partial charge in [0.1, 0.15) is 6.10 Å². The molecular formula is C16H17FN2O3. The maximum absolute atomic E-state index is 13.0. The second-order valence-corrected chi connectivity index (χ2v) is 4.66. The number of methoxy groups -OCH3 is 1. The zero-order valence-electron chi connectivity index (χ0n) is 12.4. The lowest BCUT2D eigenvalue weighted by atomic mass is 10.2. The molecule has 0 spiro atoms. The summed E-state index contributed by atoms with van der Waals surface area (Å²) < 4.78 is 23.9. The minimum absolute atomic E-state index is 0.219. The first-order valence-corrected chi connectivity index (χ1v) is 6.79. The Morgan fingerprint density at radius 2 is 2.05 bits per heavy atom. The van der Waals surface area contributed by atoms with Gasteiger partial charge in [0.25, 0.3) is 5.91 Å². The summed E-state index contributed by atoms with van der Waals surface area (Å²) in [5, 5.41) is 2.68. The van der Waals surface area contributed by atoms with Gasteiger partial charge < -0.3 is 14.8 Å². The Bertz CT molecular complexity index is 649. The van der Waals surface area contributed by atoms with Gasteiger partial charge in [-0.1, -0.05) is 12.1 Å². The minimum atomic E-state index is -0.689. The van der Waals surface area contributed by atoms with Gasteiger partial charge in [-0.2, -0.15) is 4.39 Å². The molecule has 1 amide bonds. The third-order valence-electron chi connectivity index (χ3n) is 2.94. The Labute approximate surface area is 128 Å². The first kappa shape index (κ1) is 15.8. The molecule has 1 aromatic carbocycles. The summed E-state index contributed by atoms with van der Waals surface area (Å²) in [4.78, 5) is 15.3. The van der Waals surface area contributed by atoms with Crippen LogP contribution in [0.4, 0.5) is 4.39 Å². The van der Waals surface area contributed by atoms with Gasteiger partial charge in [-0.3, -0.25) is 4.79 Å². The highest BCUT2D eigenvalue weighted by Gasteiger charge is 2.11. The van der Waals surface area contributed by atoms with Crippen LogP contribution in [0.3, 0.4) is 0 Å². The standard InChI is InChI=1S/C16H17FN2O3/c1-11(22-14-6-4-3-5-13(14)21-2)10-19-16(20)12-7-8-18-15(17)9-12/h3-9,11H,10H2,1-2H3,(H,19,20). The number of benzene rings is 1.